The van der Waals surface area contributed by atoms with Crippen molar-refractivity contribution in [3.63, 3.8) is 0 Å². The summed E-state index contributed by atoms with van der Waals surface area (Å²) >= 11 is 5.15. The van der Waals surface area contributed by atoms with Crippen LogP contribution in [-0.2, 0) is 5.41 Å². The minimum atomic E-state index is -0.0425. The number of fused-ring (bicyclic) bond motifs is 1. The van der Waals surface area contributed by atoms with Crippen molar-refractivity contribution < 1.29 is 4.58 Å². The summed E-state index contributed by atoms with van der Waals surface area (Å²) in [5.74, 6) is 0. The first-order chi connectivity index (χ1) is 20.1. The first kappa shape index (κ1) is 29.5. The van der Waals surface area contributed by atoms with Gasteiger partial charge in [0.15, 0.2) is 14.4 Å². The predicted molar refractivity (Wildman–Crippen MR) is 181 cm³/mol. The van der Waals surface area contributed by atoms with Crippen molar-refractivity contribution in [1.82, 2.24) is 15.1 Å². The molecule has 2 aliphatic carbocycles. The average Bonchev–Trinajstić information content (AvgIpc) is 3.58. The fraction of sp³-hybridized carbons (Fsp3) is 0.400. The molecule has 3 heterocycles. The maximum absolute atomic E-state index is 4.55. The van der Waals surface area contributed by atoms with Gasteiger partial charge in [-0.1, -0.05) is 85.1 Å². The molecule has 0 unspecified atom stereocenters. The quantitative estimate of drug-likeness (QED) is 0.239. The Morgan fingerprint density at radius 3 is 2.50 bits per heavy atom. The monoisotopic (exact) mass is 613 g/mol. The molecule has 0 N–H and O–H groups in total. The molecule has 0 atom stereocenters. The molecule has 7 heteroatoms. The fourth-order valence-corrected chi connectivity index (χ4v) is 9.72. The number of benzene rings is 1. The normalized spacial score (nSPS) is 23.3. The van der Waals surface area contributed by atoms with E-state index in [-0.39, 0.29) is 10.8 Å². The number of hydrogen-bond donors (Lipinski definition) is 0. The highest BCUT2D eigenvalue weighted by molar-refractivity contribution is 8.05. The first-order valence-electron chi connectivity index (χ1n) is 14.9. The lowest BCUT2D eigenvalue weighted by atomic mass is 9.79. The Hall–Kier alpha value is -2.61. The molecule has 2 aromatic rings. The van der Waals surface area contributed by atoms with Gasteiger partial charge in [-0.05, 0) is 81.1 Å². The molecular formula is C35H41N4S3+. The summed E-state index contributed by atoms with van der Waals surface area (Å²) in [4.78, 5) is 3.75. The van der Waals surface area contributed by atoms with E-state index in [0.29, 0.717) is 0 Å². The zero-order chi connectivity index (χ0) is 29.6. The number of allylic oxidation sites excluding steroid dienone is 9. The van der Waals surface area contributed by atoms with Crippen molar-refractivity contribution >= 4 is 46.3 Å². The van der Waals surface area contributed by atoms with Crippen LogP contribution in [0.2, 0.25) is 0 Å². The predicted octanol–water partition coefficient (Wildman–Crippen LogP) is 9.44. The maximum atomic E-state index is 4.55. The number of para-hydroxylation sites is 1. The van der Waals surface area contributed by atoms with Crippen LogP contribution in [0.15, 0.2) is 102 Å². The van der Waals surface area contributed by atoms with Crippen LogP contribution in [0, 0.1) is 5.41 Å². The minimum absolute atomic E-state index is 0.0388. The van der Waals surface area contributed by atoms with Crippen molar-refractivity contribution in [2.24, 2.45) is 5.41 Å². The summed E-state index contributed by atoms with van der Waals surface area (Å²) in [6, 6.07) is 8.79. The SMILES string of the molecule is CSc1nnc(SC2=C(C=CC3=[N+](C)c4ccccc4C3(C)C)CCCC2=CC=C2N(C)C3=C(CCC=C3)C2(C)C)s1. The summed E-state index contributed by atoms with van der Waals surface area (Å²) in [7, 11) is 4.43. The molecule has 1 aromatic heterocycles. The number of hydrogen-bond acceptors (Lipinski definition) is 6. The van der Waals surface area contributed by atoms with Gasteiger partial charge >= 0.3 is 0 Å². The molecule has 218 valence electrons. The Labute approximate surface area is 263 Å². The van der Waals surface area contributed by atoms with Gasteiger partial charge in [0.1, 0.15) is 7.05 Å². The van der Waals surface area contributed by atoms with Crippen molar-refractivity contribution in [2.75, 3.05) is 20.4 Å². The standard InChI is InChI=1S/C35H41N4S3/c1-34(2)25-15-8-10-17-27(25)38(5)29(34)21-19-23-13-12-14-24(31(23)41-33-37-36-32(40-7)42-33)20-22-30-35(3,4)26-16-9-11-18-28(26)39(30)6/h8,10-11,15,17-22H,9,12-14,16H2,1-7H3/q+1. The molecule has 0 spiro atoms. The topological polar surface area (TPSA) is 32.0 Å². The van der Waals surface area contributed by atoms with E-state index in [4.69, 9.17) is 0 Å². The van der Waals surface area contributed by atoms with Gasteiger partial charge in [-0.3, -0.25) is 0 Å². The van der Waals surface area contributed by atoms with E-state index in [1.165, 1.54) is 44.4 Å². The molecule has 6 rings (SSSR count). The van der Waals surface area contributed by atoms with Gasteiger partial charge in [0, 0.05) is 46.5 Å². The molecule has 0 saturated carbocycles. The number of rotatable bonds is 6. The van der Waals surface area contributed by atoms with Gasteiger partial charge in [-0.15, -0.1) is 10.2 Å². The van der Waals surface area contributed by atoms with E-state index in [1.54, 1.807) is 40.4 Å². The summed E-state index contributed by atoms with van der Waals surface area (Å²) in [6.07, 6.45) is 21.8. The molecule has 0 bridgehead atoms. The molecule has 2 aliphatic heterocycles. The molecule has 0 saturated heterocycles. The van der Waals surface area contributed by atoms with E-state index in [9.17, 15) is 0 Å². The summed E-state index contributed by atoms with van der Waals surface area (Å²) in [6.45, 7) is 9.45. The Balaban J connectivity index is 1.40. The third-order valence-corrected chi connectivity index (χ3v) is 12.5. The number of aromatic nitrogens is 2. The summed E-state index contributed by atoms with van der Waals surface area (Å²) in [5.41, 5.74) is 11.1. The van der Waals surface area contributed by atoms with Gasteiger partial charge in [0.05, 0.1) is 5.41 Å². The zero-order valence-electron chi connectivity index (χ0n) is 25.8. The molecule has 42 heavy (non-hydrogen) atoms. The molecule has 0 amide bonds. The van der Waals surface area contributed by atoms with Crippen molar-refractivity contribution in [1.29, 1.82) is 0 Å². The van der Waals surface area contributed by atoms with E-state index in [2.05, 4.69) is 128 Å². The molecule has 1 aromatic carbocycles. The third-order valence-electron chi connectivity index (χ3n) is 9.32. The fourth-order valence-electron chi connectivity index (χ4n) is 7.04. The second-order valence-corrected chi connectivity index (χ2v) is 15.8. The maximum Gasteiger partial charge on any atom is 0.209 e. The van der Waals surface area contributed by atoms with E-state index in [1.807, 2.05) is 0 Å². The van der Waals surface area contributed by atoms with Crippen LogP contribution in [0.5, 0.6) is 0 Å². The van der Waals surface area contributed by atoms with Crippen molar-refractivity contribution in [3.8, 4) is 0 Å². The van der Waals surface area contributed by atoms with E-state index >= 15 is 0 Å². The Kier molecular flexibility index (Phi) is 8.05. The van der Waals surface area contributed by atoms with E-state index in [0.717, 1.165) is 40.8 Å². The lowest BCUT2D eigenvalue weighted by Gasteiger charge is -2.27. The van der Waals surface area contributed by atoms with Crippen LogP contribution in [-0.4, -0.2) is 45.7 Å². The summed E-state index contributed by atoms with van der Waals surface area (Å²) < 4.78 is 4.39. The molecule has 4 aliphatic rings. The summed E-state index contributed by atoms with van der Waals surface area (Å²) in [5, 5.41) is 8.95. The largest absolute Gasteiger partial charge is 0.347 e. The smallest absolute Gasteiger partial charge is 0.209 e. The van der Waals surface area contributed by atoms with Crippen molar-refractivity contribution in [3.05, 3.63) is 99.3 Å². The van der Waals surface area contributed by atoms with Crippen LogP contribution in [0.4, 0.5) is 5.69 Å². The highest BCUT2D eigenvalue weighted by Gasteiger charge is 2.43. The van der Waals surface area contributed by atoms with Crippen LogP contribution in [0.3, 0.4) is 0 Å². The number of likely N-dealkylation sites (N-methyl/N-ethyl adjacent to an activating group) is 1. The van der Waals surface area contributed by atoms with Gasteiger partial charge < -0.3 is 4.90 Å². The van der Waals surface area contributed by atoms with Gasteiger partial charge in [-0.25, -0.2) is 0 Å². The molecule has 0 fully saturated rings. The zero-order valence-corrected chi connectivity index (χ0v) is 28.3. The lowest BCUT2D eigenvalue weighted by Crippen LogP contribution is -2.26. The second-order valence-electron chi connectivity index (χ2n) is 12.5. The van der Waals surface area contributed by atoms with Crippen molar-refractivity contribution in [2.45, 2.75) is 73.9 Å². The van der Waals surface area contributed by atoms with Crippen LogP contribution in [0.1, 0.15) is 65.4 Å². The molecular weight excluding hydrogens is 573 g/mol. The molecule has 4 nitrogen and oxygen atoms in total. The highest BCUT2D eigenvalue weighted by Crippen LogP contribution is 2.50. The van der Waals surface area contributed by atoms with Crippen LogP contribution < -0.4 is 0 Å². The van der Waals surface area contributed by atoms with Crippen LogP contribution in [0.25, 0.3) is 0 Å². The Morgan fingerprint density at radius 2 is 1.76 bits per heavy atom. The van der Waals surface area contributed by atoms with Gasteiger partial charge in [0.25, 0.3) is 0 Å². The minimum Gasteiger partial charge on any atom is -0.347 e. The lowest BCUT2D eigenvalue weighted by molar-refractivity contribution is -0.401. The Morgan fingerprint density at radius 1 is 0.976 bits per heavy atom. The molecule has 0 radical (unpaired) electrons. The first-order valence-corrected chi connectivity index (χ1v) is 17.7. The highest BCUT2D eigenvalue weighted by atomic mass is 32.2. The number of nitrogens with zero attached hydrogens (tertiary/aromatic N) is 4. The third kappa shape index (κ3) is 5.11. The van der Waals surface area contributed by atoms with Crippen LogP contribution >= 0.6 is 34.9 Å². The van der Waals surface area contributed by atoms with Gasteiger partial charge in [-0.2, -0.15) is 4.58 Å². The Bertz CT molecular complexity index is 1640. The average molecular weight is 614 g/mol. The van der Waals surface area contributed by atoms with E-state index < -0.39 is 0 Å². The van der Waals surface area contributed by atoms with Gasteiger partial charge in [0.2, 0.25) is 5.69 Å². The second kappa shape index (κ2) is 11.5. The number of thioether (sulfide) groups is 2.